The summed E-state index contributed by atoms with van der Waals surface area (Å²) in [5, 5.41) is 27.3. The van der Waals surface area contributed by atoms with Crippen LogP contribution < -0.4 is 5.73 Å². The number of aromatic nitrogens is 1. The summed E-state index contributed by atoms with van der Waals surface area (Å²) in [5.41, 5.74) is 8.29. The van der Waals surface area contributed by atoms with Gasteiger partial charge < -0.3 is 20.8 Å². The van der Waals surface area contributed by atoms with Gasteiger partial charge in [0, 0.05) is 51.0 Å². The van der Waals surface area contributed by atoms with Crippen LogP contribution >= 0.6 is 23.2 Å². The Hall–Kier alpha value is -3.79. The van der Waals surface area contributed by atoms with E-state index in [0.717, 1.165) is 22.0 Å². The molecule has 6 nitrogen and oxygen atoms in total. The van der Waals surface area contributed by atoms with E-state index in [4.69, 9.17) is 44.7 Å². The van der Waals surface area contributed by atoms with Crippen molar-refractivity contribution in [3.8, 4) is 11.8 Å². The van der Waals surface area contributed by atoms with Crippen molar-refractivity contribution in [2.24, 2.45) is 5.73 Å². The Morgan fingerprint density at radius 2 is 1.84 bits per heavy atom. The molecule has 0 unspecified atom stereocenters. The summed E-state index contributed by atoms with van der Waals surface area (Å²) in [7, 11) is 0. The van der Waals surface area contributed by atoms with E-state index < -0.39 is 5.91 Å². The summed E-state index contributed by atoms with van der Waals surface area (Å²) < 4.78 is 2.13. The number of amides is 1. The molecule has 4 rings (SSSR count). The molecule has 160 valence electrons. The number of primary amides is 1. The predicted molar refractivity (Wildman–Crippen MR) is 127 cm³/mol. The van der Waals surface area contributed by atoms with Gasteiger partial charge in [0.25, 0.3) is 0 Å². The van der Waals surface area contributed by atoms with Crippen LogP contribution in [0.25, 0.3) is 10.9 Å². The summed E-state index contributed by atoms with van der Waals surface area (Å²) in [4.78, 5) is 10.6. The summed E-state index contributed by atoms with van der Waals surface area (Å²) in [6.07, 6.45) is 3.40. The number of nitrogens with two attached hydrogens (primary N) is 1. The minimum absolute atomic E-state index is 0.0475. The van der Waals surface area contributed by atoms with Gasteiger partial charge in [-0.05, 0) is 54.1 Å². The standard InChI is InChI=1S/C16H12Cl2N2.C8H6N2O2/c17-13-6-11(7-14(18)8-13)10-20-5-4-15-12(9-19)2-1-3-16(15)20;9-4-6-3-5(8(10)12)1-2-7(6)11/h1-9,19H,10H2;1-3,11H,(H2,10,12). The number of phenolic OH excluding ortho intramolecular Hbond substituents is 1. The second kappa shape index (κ2) is 10.0. The molecule has 0 saturated heterocycles. The molecular weight excluding hydrogens is 447 g/mol. The minimum Gasteiger partial charge on any atom is -0.507 e. The van der Waals surface area contributed by atoms with Crippen molar-refractivity contribution in [2.45, 2.75) is 6.54 Å². The van der Waals surface area contributed by atoms with Crippen LogP contribution in [0.15, 0.2) is 66.9 Å². The van der Waals surface area contributed by atoms with Gasteiger partial charge in [-0.2, -0.15) is 5.26 Å². The highest BCUT2D eigenvalue weighted by atomic mass is 35.5. The lowest BCUT2D eigenvalue weighted by atomic mass is 10.1. The van der Waals surface area contributed by atoms with Crippen LogP contribution in [0.5, 0.6) is 5.75 Å². The van der Waals surface area contributed by atoms with Crippen LogP contribution in [0.1, 0.15) is 27.0 Å². The number of phenols is 1. The Balaban J connectivity index is 0.000000207. The highest BCUT2D eigenvalue weighted by Gasteiger charge is 2.06. The van der Waals surface area contributed by atoms with E-state index in [2.05, 4.69) is 10.6 Å². The number of carbonyl (C=O) groups excluding carboxylic acids is 1. The van der Waals surface area contributed by atoms with Crippen molar-refractivity contribution < 1.29 is 9.90 Å². The molecule has 0 radical (unpaired) electrons. The average molecular weight is 465 g/mol. The Labute approximate surface area is 194 Å². The first-order valence-corrected chi connectivity index (χ1v) is 10.1. The Morgan fingerprint density at radius 3 is 2.47 bits per heavy atom. The molecule has 1 amide bonds. The van der Waals surface area contributed by atoms with Gasteiger partial charge in [0.2, 0.25) is 5.91 Å². The van der Waals surface area contributed by atoms with Crippen LogP contribution in [0.4, 0.5) is 0 Å². The topological polar surface area (TPSA) is 116 Å². The zero-order chi connectivity index (χ0) is 23.3. The van der Waals surface area contributed by atoms with Crippen molar-refractivity contribution in [1.82, 2.24) is 4.57 Å². The Kier molecular flexibility index (Phi) is 7.16. The molecule has 4 N–H and O–H groups in total. The van der Waals surface area contributed by atoms with Crippen molar-refractivity contribution in [2.75, 3.05) is 0 Å². The fraction of sp³-hybridized carbons (Fsp3) is 0.0417. The third kappa shape index (κ3) is 5.27. The number of rotatable bonds is 4. The van der Waals surface area contributed by atoms with E-state index >= 15 is 0 Å². The number of carbonyl (C=O) groups is 1. The molecule has 32 heavy (non-hydrogen) atoms. The number of hydrogen-bond acceptors (Lipinski definition) is 4. The van der Waals surface area contributed by atoms with E-state index in [1.807, 2.05) is 36.5 Å². The summed E-state index contributed by atoms with van der Waals surface area (Å²) in [6.45, 7) is 0.700. The van der Waals surface area contributed by atoms with Crippen molar-refractivity contribution in [3.63, 3.8) is 0 Å². The number of benzene rings is 3. The lowest BCUT2D eigenvalue weighted by Gasteiger charge is -2.07. The zero-order valence-electron chi connectivity index (χ0n) is 16.7. The van der Waals surface area contributed by atoms with Gasteiger partial charge in [-0.25, -0.2) is 0 Å². The first-order valence-electron chi connectivity index (χ1n) is 9.38. The molecule has 0 atom stereocenters. The van der Waals surface area contributed by atoms with Gasteiger partial charge in [0.05, 0.1) is 5.56 Å². The number of fused-ring (bicyclic) bond motifs is 1. The Morgan fingerprint density at radius 1 is 1.12 bits per heavy atom. The number of halogens is 2. The van der Waals surface area contributed by atoms with Crippen LogP contribution in [0.2, 0.25) is 10.0 Å². The number of aromatic hydroxyl groups is 1. The third-order valence-corrected chi connectivity index (χ3v) is 5.12. The van der Waals surface area contributed by atoms with E-state index in [1.165, 1.54) is 24.4 Å². The van der Waals surface area contributed by atoms with E-state index in [9.17, 15) is 4.79 Å². The summed E-state index contributed by atoms with van der Waals surface area (Å²) >= 11 is 12.1. The van der Waals surface area contributed by atoms with Crippen molar-refractivity contribution >= 4 is 46.2 Å². The molecule has 3 aromatic carbocycles. The van der Waals surface area contributed by atoms with Crippen LogP contribution in [-0.2, 0) is 6.54 Å². The van der Waals surface area contributed by atoms with Gasteiger partial charge in [0.15, 0.2) is 0 Å². The van der Waals surface area contributed by atoms with Crippen LogP contribution in [-0.4, -0.2) is 21.8 Å². The smallest absolute Gasteiger partial charge is 0.248 e. The molecule has 0 bridgehead atoms. The highest BCUT2D eigenvalue weighted by Crippen LogP contribution is 2.23. The maximum Gasteiger partial charge on any atom is 0.248 e. The van der Waals surface area contributed by atoms with E-state index in [-0.39, 0.29) is 16.9 Å². The largest absolute Gasteiger partial charge is 0.507 e. The molecule has 1 heterocycles. The maximum atomic E-state index is 10.6. The van der Waals surface area contributed by atoms with Gasteiger partial charge in [-0.15, -0.1) is 0 Å². The van der Waals surface area contributed by atoms with Gasteiger partial charge >= 0.3 is 0 Å². The molecule has 0 fully saturated rings. The van der Waals surface area contributed by atoms with Crippen molar-refractivity contribution in [3.05, 3.63) is 99.2 Å². The normalized spacial score (nSPS) is 10.2. The molecule has 0 aliphatic rings. The lowest BCUT2D eigenvalue weighted by Crippen LogP contribution is -2.10. The monoisotopic (exact) mass is 464 g/mol. The van der Waals surface area contributed by atoms with Crippen molar-refractivity contribution in [1.29, 1.82) is 10.7 Å². The lowest BCUT2D eigenvalue weighted by molar-refractivity contribution is 0.1000. The first-order chi connectivity index (χ1) is 15.3. The predicted octanol–water partition coefficient (Wildman–Crippen LogP) is 5.36. The molecular formula is C24H18Cl2N4O2. The molecule has 0 aliphatic heterocycles. The van der Waals surface area contributed by atoms with E-state index in [1.54, 1.807) is 12.1 Å². The molecule has 8 heteroatoms. The summed E-state index contributed by atoms with van der Waals surface area (Å²) in [6, 6.07) is 19.1. The fourth-order valence-corrected chi connectivity index (χ4v) is 3.76. The average Bonchev–Trinajstić information content (AvgIpc) is 3.16. The molecule has 0 saturated carbocycles. The minimum atomic E-state index is -0.619. The molecule has 4 aromatic rings. The molecule has 0 spiro atoms. The number of nitrogens with zero attached hydrogens (tertiary/aromatic N) is 2. The molecule has 1 aromatic heterocycles. The molecule has 0 aliphatic carbocycles. The van der Waals surface area contributed by atoms with Gasteiger partial charge in [-0.3, -0.25) is 4.79 Å². The number of hydrogen-bond donors (Lipinski definition) is 3. The second-order valence-corrected chi connectivity index (χ2v) is 7.73. The maximum absolute atomic E-state index is 10.6. The van der Waals surface area contributed by atoms with E-state index in [0.29, 0.717) is 16.6 Å². The first kappa shape index (κ1) is 22.9. The number of nitrogens with one attached hydrogen (secondary N) is 1. The zero-order valence-corrected chi connectivity index (χ0v) is 18.2. The van der Waals surface area contributed by atoms with Crippen LogP contribution in [0, 0.1) is 16.7 Å². The fourth-order valence-electron chi connectivity index (χ4n) is 3.19. The van der Waals surface area contributed by atoms with Gasteiger partial charge in [-0.1, -0.05) is 35.3 Å². The quantitative estimate of drug-likeness (QED) is 0.353. The summed E-state index contributed by atoms with van der Waals surface area (Å²) in [5.74, 6) is -0.769. The SMILES string of the molecule is N#Cc1cc(C(N)=O)ccc1O.N=Cc1cccc2c1ccn2Cc1cc(Cl)cc(Cl)c1. The highest BCUT2D eigenvalue weighted by molar-refractivity contribution is 6.34. The second-order valence-electron chi connectivity index (χ2n) is 6.85. The Bertz CT molecular complexity index is 1340. The number of nitriles is 1. The van der Waals surface area contributed by atoms with Gasteiger partial charge in [0.1, 0.15) is 11.8 Å². The third-order valence-electron chi connectivity index (χ3n) is 4.68. The van der Waals surface area contributed by atoms with Crippen LogP contribution in [0.3, 0.4) is 0 Å².